The van der Waals surface area contributed by atoms with Crippen LogP contribution in [-0.2, 0) is 4.74 Å². The van der Waals surface area contributed by atoms with Gasteiger partial charge in [-0.05, 0) is 40.8 Å². The third-order valence-electron chi connectivity index (χ3n) is 2.05. The molecule has 2 rings (SSSR count). The Morgan fingerprint density at radius 1 is 1.35 bits per heavy atom. The summed E-state index contributed by atoms with van der Waals surface area (Å²) in [6.07, 6.45) is 0. The topological polar surface area (TPSA) is 56.5 Å². The van der Waals surface area contributed by atoms with E-state index in [-0.39, 0.29) is 17.3 Å². The fourth-order valence-corrected chi connectivity index (χ4v) is 2.57. The second-order valence-electron chi connectivity index (χ2n) is 3.12. The first kappa shape index (κ1) is 12.3. The van der Waals surface area contributed by atoms with Gasteiger partial charge in [-0.25, -0.2) is 4.79 Å². The fourth-order valence-electron chi connectivity index (χ4n) is 1.24. The molecule has 0 atom stereocenters. The highest BCUT2D eigenvalue weighted by Crippen LogP contribution is 2.20. The second kappa shape index (κ2) is 5.01. The van der Waals surface area contributed by atoms with Crippen molar-refractivity contribution in [2.75, 3.05) is 7.11 Å². The number of hydrogen-bond acceptors (Lipinski definition) is 5. The number of rotatable bonds is 3. The maximum absolute atomic E-state index is 11.9. The van der Waals surface area contributed by atoms with Crippen LogP contribution in [0, 0.1) is 2.88 Å². The van der Waals surface area contributed by atoms with E-state index in [1.54, 1.807) is 11.4 Å². The van der Waals surface area contributed by atoms with E-state index >= 15 is 0 Å². The average Bonchev–Trinajstić information content (AvgIpc) is 2.95. The lowest BCUT2D eigenvalue weighted by atomic mass is 10.2. The highest BCUT2D eigenvalue weighted by molar-refractivity contribution is 14.1. The van der Waals surface area contributed by atoms with E-state index in [2.05, 4.69) is 27.3 Å². The molecule has 0 radical (unpaired) electrons. The van der Waals surface area contributed by atoms with Crippen LogP contribution in [0.1, 0.15) is 26.7 Å². The first-order valence-electron chi connectivity index (χ1n) is 4.58. The Balaban J connectivity index is 2.26. The molecule has 0 unspecified atom stereocenters. The van der Waals surface area contributed by atoms with Gasteiger partial charge in [0.2, 0.25) is 11.5 Å². The van der Waals surface area contributed by atoms with E-state index in [1.807, 2.05) is 0 Å². The normalized spacial score (nSPS) is 10.2. The van der Waals surface area contributed by atoms with Crippen molar-refractivity contribution >= 4 is 45.7 Å². The minimum absolute atomic E-state index is 0.0285. The number of carbonyl (C=O) groups is 2. The van der Waals surface area contributed by atoms with Gasteiger partial charge >= 0.3 is 5.97 Å². The third kappa shape index (κ3) is 2.58. The molecule has 0 fully saturated rings. The van der Waals surface area contributed by atoms with Crippen molar-refractivity contribution in [3.8, 4) is 0 Å². The maximum Gasteiger partial charge on any atom is 0.373 e. The molecule has 0 amide bonds. The van der Waals surface area contributed by atoms with Crippen LogP contribution in [0.25, 0.3) is 0 Å². The molecule has 6 heteroatoms. The number of halogens is 1. The molecule has 0 saturated carbocycles. The van der Waals surface area contributed by atoms with Crippen molar-refractivity contribution < 1.29 is 18.7 Å². The van der Waals surface area contributed by atoms with E-state index in [9.17, 15) is 9.59 Å². The molecule has 0 aromatic carbocycles. The Bertz CT molecular complexity index is 570. The van der Waals surface area contributed by atoms with Gasteiger partial charge < -0.3 is 9.15 Å². The summed E-state index contributed by atoms with van der Waals surface area (Å²) in [6, 6.07) is 4.67. The smallest absolute Gasteiger partial charge is 0.373 e. The number of furan rings is 1. The molecular formula is C11H7IO4S. The van der Waals surface area contributed by atoms with E-state index in [4.69, 9.17) is 4.42 Å². The molecular weight excluding hydrogens is 355 g/mol. The lowest BCUT2D eigenvalue weighted by Crippen LogP contribution is -2.00. The van der Waals surface area contributed by atoms with E-state index < -0.39 is 5.97 Å². The Hall–Kier alpha value is -1.15. The minimum atomic E-state index is -0.594. The lowest BCUT2D eigenvalue weighted by molar-refractivity contribution is 0.0563. The molecule has 88 valence electrons. The van der Waals surface area contributed by atoms with Gasteiger partial charge in [-0.15, -0.1) is 11.3 Å². The van der Waals surface area contributed by atoms with Crippen molar-refractivity contribution in [1.29, 1.82) is 0 Å². The predicted molar refractivity (Wildman–Crippen MR) is 70.5 cm³/mol. The molecule has 2 heterocycles. The summed E-state index contributed by atoms with van der Waals surface area (Å²) >= 11 is 3.61. The first-order chi connectivity index (χ1) is 8.11. The van der Waals surface area contributed by atoms with Crippen molar-refractivity contribution in [3.63, 3.8) is 0 Å². The zero-order chi connectivity index (χ0) is 12.4. The van der Waals surface area contributed by atoms with Gasteiger partial charge in [0, 0.05) is 10.9 Å². The number of carbonyl (C=O) groups excluding carboxylic acids is 2. The van der Waals surface area contributed by atoms with Gasteiger partial charge in [-0.2, -0.15) is 0 Å². The summed E-state index contributed by atoms with van der Waals surface area (Å²) in [6.45, 7) is 0. The SMILES string of the molecule is COC(=O)c1ccc(C(=O)c2csc(I)c2)o1. The van der Waals surface area contributed by atoms with Crippen LogP contribution in [0.15, 0.2) is 28.0 Å². The van der Waals surface area contributed by atoms with Crippen molar-refractivity contribution in [1.82, 2.24) is 0 Å². The van der Waals surface area contributed by atoms with Crippen LogP contribution in [0.2, 0.25) is 0 Å². The second-order valence-corrected chi connectivity index (χ2v) is 5.93. The number of ether oxygens (including phenoxy) is 1. The molecule has 0 aliphatic heterocycles. The first-order valence-corrected chi connectivity index (χ1v) is 6.54. The summed E-state index contributed by atoms with van der Waals surface area (Å²) < 4.78 is 10.7. The highest BCUT2D eigenvalue weighted by atomic mass is 127. The average molecular weight is 362 g/mol. The number of hydrogen-bond donors (Lipinski definition) is 0. The van der Waals surface area contributed by atoms with Crippen molar-refractivity contribution in [2.24, 2.45) is 0 Å². The number of methoxy groups -OCH3 is 1. The lowest BCUT2D eigenvalue weighted by Gasteiger charge is -1.94. The summed E-state index contributed by atoms with van der Waals surface area (Å²) in [5.74, 6) is -0.663. The number of ketones is 1. The van der Waals surface area contributed by atoms with E-state index in [1.165, 1.54) is 30.6 Å². The summed E-state index contributed by atoms with van der Waals surface area (Å²) in [4.78, 5) is 23.1. The quantitative estimate of drug-likeness (QED) is 0.479. The maximum atomic E-state index is 11.9. The summed E-state index contributed by atoms with van der Waals surface area (Å²) in [5, 5.41) is 1.75. The summed E-state index contributed by atoms with van der Waals surface area (Å²) in [5.41, 5.74) is 0.560. The molecule has 0 aliphatic rings. The van der Waals surface area contributed by atoms with Crippen LogP contribution >= 0.6 is 33.9 Å². The van der Waals surface area contributed by atoms with Gasteiger partial charge in [-0.3, -0.25) is 4.79 Å². The molecule has 4 nitrogen and oxygen atoms in total. The zero-order valence-electron chi connectivity index (χ0n) is 8.73. The van der Waals surface area contributed by atoms with Gasteiger partial charge in [0.1, 0.15) is 0 Å². The van der Waals surface area contributed by atoms with Gasteiger partial charge in [0.25, 0.3) is 0 Å². The van der Waals surface area contributed by atoms with Crippen LogP contribution < -0.4 is 0 Å². The van der Waals surface area contributed by atoms with Crippen LogP contribution in [-0.4, -0.2) is 18.9 Å². The molecule has 2 aromatic heterocycles. The fraction of sp³-hybridized carbons (Fsp3) is 0.0909. The Kier molecular flexibility index (Phi) is 3.63. The molecule has 17 heavy (non-hydrogen) atoms. The van der Waals surface area contributed by atoms with Crippen LogP contribution in [0.4, 0.5) is 0 Å². The molecule has 0 saturated heterocycles. The van der Waals surface area contributed by atoms with Gasteiger partial charge in [-0.1, -0.05) is 0 Å². The minimum Gasteiger partial charge on any atom is -0.463 e. The Labute approximate surface area is 115 Å². The molecule has 0 N–H and O–H groups in total. The van der Waals surface area contributed by atoms with Crippen molar-refractivity contribution in [2.45, 2.75) is 0 Å². The molecule has 0 aliphatic carbocycles. The predicted octanol–water partition coefficient (Wildman–Crippen LogP) is 2.96. The standard InChI is InChI=1S/C11H7IO4S/c1-15-11(14)8-3-2-7(16-8)10(13)6-4-9(12)17-5-6/h2-5H,1H3. The monoisotopic (exact) mass is 362 g/mol. The van der Waals surface area contributed by atoms with E-state index in [0.29, 0.717) is 5.56 Å². The molecule has 0 bridgehead atoms. The third-order valence-corrected chi connectivity index (χ3v) is 3.84. The van der Waals surface area contributed by atoms with Crippen LogP contribution in [0.3, 0.4) is 0 Å². The number of thiophene rings is 1. The molecule has 0 spiro atoms. The Morgan fingerprint density at radius 2 is 2.06 bits per heavy atom. The van der Waals surface area contributed by atoms with Gasteiger partial charge in [0.05, 0.1) is 9.99 Å². The van der Waals surface area contributed by atoms with Crippen LogP contribution in [0.5, 0.6) is 0 Å². The molecule has 2 aromatic rings. The zero-order valence-corrected chi connectivity index (χ0v) is 11.7. The largest absolute Gasteiger partial charge is 0.463 e. The highest BCUT2D eigenvalue weighted by Gasteiger charge is 2.18. The van der Waals surface area contributed by atoms with Crippen molar-refractivity contribution in [3.05, 3.63) is 43.5 Å². The number of esters is 1. The van der Waals surface area contributed by atoms with E-state index in [0.717, 1.165) is 2.88 Å². The Morgan fingerprint density at radius 3 is 2.65 bits per heavy atom. The summed E-state index contributed by atoms with van der Waals surface area (Å²) in [7, 11) is 1.26. The van der Waals surface area contributed by atoms with Gasteiger partial charge in [0.15, 0.2) is 5.76 Å².